The summed E-state index contributed by atoms with van der Waals surface area (Å²) >= 11 is 0. The maximum absolute atomic E-state index is 5.30. The summed E-state index contributed by atoms with van der Waals surface area (Å²) in [5.74, 6) is 5.93. The van der Waals surface area contributed by atoms with Crippen molar-refractivity contribution in [3.8, 4) is 0 Å². The summed E-state index contributed by atoms with van der Waals surface area (Å²) in [6.45, 7) is 4.75. The predicted octanol–water partition coefficient (Wildman–Crippen LogP) is 1.84. The molecule has 0 bridgehead atoms. The van der Waals surface area contributed by atoms with Crippen LogP contribution < -0.4 is 5.90 Å². The minimum Gasteiger partial charge on any atom is -0.469 e. The van der Waals surface area contributed by atoms with Crippen molar-refractivity contribution < 1.29 is 9.25 Å². The molecule has 1 aromatic heterocycles. The Morgan fingerprint density at radius 3 is 2.83 bits per heavy atom. The molecule has 68 valence electrons. The third-order valence-electron chi connectivity index (χ3n) is 2.03. The number of nitrogens with two attached hydrogens (primary N) is 1. The topological polar surface area (TPSA) is 48.4 Å². The highest BCUT2D eigenvalue weighted by Gasteiger charge is 2.22. The molecule has 1 rings (SSSR count). The van der Waals surface area contributed by atoms with Crippen molar-refractivity contribution in [3.63, 3.8) is 0 Å². The van der Waals surface area contributed by atoms with Gasteiger partial charge in [-0.3, -0.25) is 0 Å². The lowest BCUT2D eigenvalue weighted by Gasteiger charge is -2.20. The van der Waals surface area contributed by atoms with Crippen molar-refractivity contribution >= 4 is 0 Å². The van der Waals surface area contributed by atoms with Gasteiger partial charge in [-0.1, -0.05) is 13.8 Å². The summed E-state index contributed by atoms with van der Waals surface area (Å²) < 4.78 is 5.30. The monoisotopic (exact) mass is 169 g/mol. The van der Waals surface area contributed by atoms with Gasteiger partial charge in [0.1, 0.15) is 5.76 Å². The third kappa shape index (κ3) is 2.09. The van der Waals surface area contributed by atoms with Gasteiger partial charge in [0.15, 0.2) is 0 Å². The molecule has 0 aromatic carbocycles. The van der Waals surface area contributed by atoms with E-state index in [1.807, 2.05) is 12.1 Å². The average Bonchev–Trinajstić information content (AvgIpc) is 2.53. The molecule has 0 atom stereocenters. The van der Waals surface area contributed by atoms with Gasteiger partial charge in [0.2, 0.25) is 0 Å². The van der Waals surface area contributed by atoms with Crippen molar-refractivity contribution in [3.05, 3.63) is 24.2 Å². The molecule has 0 unspecified atom stereocenters. The molecule has 0 spiro atoms. The van der Waals surface area contributed by atoms with Crippen LogP contribution in [0.4, 0.5) is 0 Å². The number of hydrogen-bond acceptors (Lipinski definition) is 3. The van der Waals surface area contributed by atoms with E-state index in [1.165, 1.54) is 0 Å². The molecule has 3 nitrogen and oxygen atoms in total. The van der Waals surface area contributed by atoms with E-state index in [9.17, 15) is 0 Å². The first-order chi connectivity index (χ1) is 5.67. The number of rotatable bonds is 4. The van der Waals surface area contributed by atoms with Crippen molar-refractivity contribution in [2.75, 3.05) is 6.61 Å². The van der Waals surface area contributed by atoms with Gasteiger partial charge in [-0.15, -0.1) is 0 Å². The summed E-state index contributed by atoms with van der Waals surface area (Å²) in [6.07, 6.45) is 2.54. The Balaban J connectivity index is 2.59. The fourth-order valence-electron chi connectivity index (χ4n) is 1.10. The molecular weight excluding hydrogens is 154 g/mol. The number of furan rings is 1. The van der Waals surface area contributed by atoms with Gasteiger partial charge in [-0.2, -0.15) is 0 Å². The minimum absolute atomic E-state index is 0.00285. The van der Waals surface area contributed by atoms with E-state index >= 15 is 0 Å². The Kier molecular flexibility index (Phi) is 2.89. The Hall–Kier alpha value is -0.800. The lowest BCUT2D eigenvalue weighted by Crippen LogP contribution is -2.20. The first-order valence-electron chi connectivity index (χ1n) is 4.02. The maximum atomic E-state index is 5.30. The lowest BCUT2D eigenvalue weighted by atomic mass is 9.87. The van der Waals surface area contributed by atoms with Crippen molar-refractivity contribution in [2.24, 2.45) is 5.90 Å². The fourth-order valence-corrected chi connectivity index (χ4v) is 1.10. The van der Waals surface area contributed by atoms with E-state index in [-0.39, 0.29) is 5.41 Å². The van der Waals surface area contributed by atoms with Crippen LogP contribution in [0.1, 0.15) is 26.0 Å². The minimum atomic E-state index is 0.00285. The molecule has 3 heteroatoms. The first kappa shape index (κ1) is 9.29. The summed E-state index contributed by atoms with van der Waals surface area (Å²) in [7, 11) is 0. The van der Waals surface area contributed by atoms with Crippen LogP contribution in [-0.4, -0.2) is 6.61 Å². The zero-order chi connectivity index (χ0) is 9.03. The van der Waals surface area contributed by atoms with E-state index in [4.69, 9.17) is 10.3 Å². The molecular formula is C9H15NO2. The van der Waals surface area contributed by atoms with Gasteiger partial charge in [-0.25, -0.2) is 5.90 Å². The molecule has 0 aliphatic carbocycles. The van der Waals surface area contributed by atoms with Crippen LogP contribution >= 0.6 is 0 Å². The second-order valence-corrected chi connectivity index (χ2v) is 3.48. The van der Waals surface area contributed by atoms with Gasteiger partial charge in [0, 0.05) is 5.41 Å². The Labute approximate surface area is 72.5 Å². The fraction of sp³-hybridized carbons (Fsp3) is 0.556. The Bertz CT molecular complexity index is 216. The Morgan fingerprint density at radius 2 is 2.33 bits per heavy atom. The zero-order valence-electron chi connectivity index (χ0n) is 7.54. The van der Waals surface area contributed by atoms with Crippen molar-refractivity contribution in [1.29, 1.82) is 0 Å². The standard InChI is InChI=1S/C9H15NO2/c1-9(2,5-7-12-10)8-4-3-6-11-8/h3-4,6H,5,7,10H2,1-2H3. The second kappa shape index (κ2) is 3.74. The van der Waals surface area contributed by atoms with Crippen LogP contribution in [0.3, 0.4) is 0 Å². The van der Waals surface area contributed by atoms with Crippen molar-refractivity contribution in [2.45, 2.75) is 25.7 Å². The van der Waals surface area contributed by atoms with E-state index in [0.717, 1.165) is 12.2 Å². The molecule has 12 heavy (non-hydrogen) atoms. The number of hydrogen-bond donors (Lipinski definition) is 1. The quantitative estimate of drug-likeness (QED) is 0.699. The van der Waals surface area contributed by atoms with Gasteiger partial charge < -0.3 is 9.25 Å². The molecule has 0 fully saturated rings. The molecule has 0 radical (unpaired) electrons. The molecule has 0 aliphatic rings. The molecule has 0 amide bonds. The summed E-state index contributed by atoms with van der Waals surface area (Å²) in [5.41, 5.74) is 0.00285. The molecule has 1 aromatic rings. The summed E-state index contributed by atoms with van der Waals surface area (Å²) in [6, 6.07) is 3.86. The highest BCUT2D eigenvalue weighted by molar-refractivity contribution is 5.10. The highest BCUT2D eigenvalue weighted by atomic mass is 16.6. The summed E-state index contributed by atoms with van der Waals surface area (Å²) in [4.78, 5) is 4.53. The summed E-state index contributed by atoms with van der Waals surface area (Å²) in [5, 5.41) is 0. The van der Waals surface area contributed by atoms with Gasteiger partial charge in [0.05, 0.1) is 12.9 Å². The Morgan fingerprint density at radius 1 is 1.58 bits per heavy atom. The first-order valence-corrected chi connectivity index (χ1v) is 4.02. The van der Waals surface area contributed by atoms with E-state index in [2.05, 4.69) is 18.7 Å². The molecule has 0 saturated carbocycles. The predicted molar refractivity (Wildman–Crippen MR) is 46.5 cm³/mol. The van der Waals surface area contributed by atoms with Gasteiger partial charge >= 0.3 is 0 Å². The zero-order valence-corrected chi connectivity index (χ0v) is 7.54. The van der Waals surface area contributed by atoms with Crippen LogP contribution in [-0.2, 0) is 10.3 Å². The van der Waals surface area contributed by atoms with Gasteiger partial charge in [0.25, 0.3) is 0 Å². The van der Waals surface area contributed by atoms with Crippen LogP contribution in [0.2, 0.25) is 0 Å². The van der Waals surface area contributed by atoms with Crippen molar-refractivity contribution in [1.82, 2.24) is 0 Å². The molecule has 1 heterocycles. The van der Waals surface area contributed by atoms with E-state index in [1.54, 1.807) is 6.26 Å². The molecule has 0 aliphatic heterocycles. The van der Waals surface area contributed by atoms with Crippen LogP contribution in [0.5, 0.6) is 0 Å². The van der Waals surface area contributed by atoms with Crippen LogP contribution in [0, 0.1) is 0 Å². The third-order valence-corrected chi connectivity index (χ3v) is 2.03. The lowest BCUT2D eigenvalue weighted by molar-refractivity contribution is 0.117. The normalized spacial score (nSPS) is 11.9. The van der Waals surface area contributed by atoms with Gasteiger partial charge in [-0.05, 0) is 18.6 Å². The molecule has 0 saturated heterocycles. The van der Waals surface area contributed by atoms with Crippen LogP contribution in [0.15, 0.2) is 22.8 Å². The second-order valence-electron chi connectivity index (χ2n) is 3.48. The average molecular weight is 169 g/mol. The molecule has 2 N–H and O–H groups in total. The van der Waals surface area contributed by atoms with Crippen LogP contribution in [0.25, 0.3) is 0 Å². The van der Waals surface area contributed by atoms with E-state index in [0.29, 0.717) is 6.61 Å². The smallest absolute Gasteiger partial charge is 0.109 e. The van der Waals surface area contributed by atoms with E-state index < -0.39 is 0 Å². The highest BCUT2D eigenvalue weighted by Crippen LogP contribution is 2.26. The largest absolute Gasteiger partial charge is 0.469 e. The SMILES string of the molecule is CC(C)(CCON)c1ccco1. The maximum Gasteiger partial charge on any atom is 0.109 e.